The SMILES string of the molecule is COC(=O)C(CC1CCN(C)CC1)NC(=O)CC1C(=O)Nc2ccccc2N1S(=O)(=O)c1cc(C)c(Cl)cc1C. The molecular weight excluding hydrogens is 556 g/mol. The lowest BCUT2D eigenvalue weighted by molar-refractivity contribution is -0.145. The molecule has 0 bridgehead atoms. The predicted molar refractivity (Wildman–Crippen MR) is 153 cm³/mol. The number of nitrogens with zero attached hydrogens (tertiary/aromatic N) is 2. The number of para-hydroxylation sites is 2. The number of sulfonamides is 1. The van der Waals surface area contributed by atoms with Gasteiger partial charge in [0.25, 0.3) is 10.0 Å². The Kier molecular flexibility index (Phi) is 9.06. The molecule has 0 aromatic heterocycles. The molecular formula is C28H35ClN4O6S. The van der Waals surface area contributed by atoms with Gasteiger partial charge in [-0.3, -0.25) is 13.9 Å². The molecule has 0 saturated carbocycles. The number of benzene rings is 2. The molecule has 2 aromatic rings. The molecule has 2 unspecified atom stereocenters. The largest absolute Gasteiger partial charge is 0.467 e. The van der Waals surface area contributed by atoms with Crippen LogP contribution in [0.2, 0.25) is 5.02 Å². The van der Waals surface area contributed by atoms with Gasteiger partial charge >= 0.3 is 5.97 Å². The van der Waals surface area contributed by atoms with Crippen molar-refractivity contribution in [2.75, 3.05) is 36.9 Å². The van der Waals surface area contributed by atoms with Crippen LogP contribution < -0.4 is 14.9 Å². The van der Waals surface area contributed by atoms with Gasteiger partial charge in [0, 0.05) is 5.02 Å². The smallest absolute Gasteiger partial charge is 0.328 e. The van der Waals surface area contributed by atoms with Crippen molar-refractivity contribution >= 4 is 50.8 Å². The van der Waals surface area contributed by atoms with Gasteiger partial charge in [0.1, 0.15) is 12.1 Å². The van der Waals surface area contributed by atoms with Gasteiger partial charge in [-0.1, -0.05) is 23.7 Å². The Labute approximate surface area is 240 Å². The molecule has 0 radical (unpaired) electrons. The van der Waals surface area contributed by atoms with Crippen LogP contribution in [0.15, 0.2) is 41.3 Å². The Morgan fingerprint density at radius 3 is 2.50 bits per heavy atom. The van der Waals surface area contributed by atoms with Gasteiger partial charge in [0.2, 0.25) is 11.8 Å². The zero-order valence-electron chi connectivity index (χ0n) is 23.1. The van der Waals surface area contributed by atoms with Crippen molar-refractivity contribution in [2.24, 2.45) is 5.92 Å². The van der Waals surface area contributed by atoms with Crippen LogP contribution in [0.4, 0.5) is 11.4 Å². The summed E-state index contributed by atoms with van der Waals surface area (Å²) in [5, 5.41) is 5.85. The number of esters is 1. The second-order valence-corrected chi connectivity index (χ2v) is 12.7. The number of ether oxygens (including phenoxy) is 1. The van der Waals surface area contributed by atoms with Crippen molar-refractivity contribution in [3.8, 4) is 0 Å². The van der Waals surface area contributed by atoms with Crippen LogP contribution in [0.1, 0.15) is 36.8 Å². The minimum Gasteiger partial charge on any atom is -0.467 e. The zero-order valence-corrected chi connectivity index (χ0v) is 24.6. The number of methoxy groups -OCH3 is 1. The van der Waals surface area contributed by atoms with E-state index >= 15 is 0 Å². The lowest BCUT2D eigenvalue weighted by Gasteiger charge is -2.37. The fraction of sp³-hybridized carbons (Fsp3) is 0.464. The van der Waals surface area contributed by atoms with Gasteiger partial charge in [-0.25, -0.2) is 13.2 Å². The summed E-state index contributed by atoms with van der Waals surface area (Å²) >= 11 is 6.22. The van der Waals surface area contributed by atoms with Crippen LogP contribution in [0.5, 0.6) is 0 Å². The molecule has 2 amide bonds. The molecule has 2 aromatic carbocycles. The number of carbonyl (C=O) groups excluding carboxylic acids is 3. The van der Waals surface area contributed by atoms with E-state index in [0.29, 0.717) is 28.3 Å². The number of carbonyl (C=O) groups is 3. The molecule has 40 heavy (non-hydrogen) atoms. The summed E-state index contributed by atoms with van der Waals surface area (Å²) < 4.78 is 34.2. The van der Waals surface area contributed by atoms with Crippen LogP contribution in [-0.2, 0) is 29.1 Å². The Balaban J connectivity index is 1.64. The van der Waals surface area contributed by atoms with Crippen LogP contribution in [0, 0.1) is 19.8 Å². The maximum atomic E-state index is 14.1. The van der Waals surface area contributed by atoms with Gasteiger partial charge in [-0.05, 0) is 94.6 Å². The van der Waals surface area contributed by atoms with E-state index in [1.807, 2.05) is 7.05 Å². The fourth-order valence-corrected chi connectivity index (χ4v) is 7.43. The minimum atomic E-state index is -4.31. The Morgan fingerprint density at radius 1 is 1.15 bits per heavy atom. The van der Waals surface area contributed by atoms with Crippen molar-refractivity contribution in [2.45, 2.75) is 56.5 Å². The van der Waals surface area contributed by atoms with Crippen LogP contribution >= 0.6 is 11.6 Å². The highest BCUT2D eigenvalue weighted by molar-refractivity contribution is 7.93. The van der Waals surface area contributed by atoms with E-state index in [1.54, 1.807) is 44.2 Å². The fourth-order valence-electron chi connectivity index (χ4n) is 5.29. The molecule has 12 heteroatoms. The van der Waals surface area contributed by atoms with E-state index in [9.17, 15) is 22.8 Å². The standard InChI is InChI=1S/C28H35ClN4O6S/c1-17-14-25(18(2)13-20(17)29)40(37,38)33-23-8-6-5-7-21(23)31-27(35)24(33)16-26(34)30-22(28(36)39-4)15-19-9-11-32(3)12-10-19/h5-8,13-14,19,22,24H,9-12,15-16H2,1-4H3,(H,30,34)(H,31,35). The molecule has 4 rings (SSSR count). The van der Waals surface area contributed by atoms with E-state index in [2.05, 4.69) is 15.5 Å². The number of hydrogen-bond acceptors (Lipinski definition) is 7. The molecule has 2 aliphatic rings. The van der Waals surface area contributed by atoms with Crippen LogP contribution in [0.25, 0.3) is 0 Å². The number of aryl methyl sites for hydroxylation is 2. The van der Waals surface area contributed by atoms with Crippen molar-refractivity contribution in [1.82, 2.24) is 10.2 Å². The maximum Gasteiger partial charge on any atom is 0.328 e. The normalized spacial score (nSPS) is 19.0. The van der Waals surface area contributed by atoms with E-state index in [0.717, 1.165) is 30.2 Å². The third kappa shape index (κ3) is 6.26. The summed E-state index contributed by atoms with van der Waals surface area (Å²) in [5.41, 5.74) is 1.52. The Hall–Kier alpha value is -3.15. The van der Waals surface area contributed by atoms with E-state index in [-0.39, 0.29) is 16.5 Å². The number of piperidine rings is 1. The summed E-state index contributed by atoms with van der Waals surface area (Å²) in [6.07, 6.45) is 1.67. The molecule has 216 valence electrons. The number of anilines is 2. The lowest BCUT2D eigenvalue weighted by Crippen LogP contribution is -2.54. The predicted octanol–water partition coefficient (Wildman–Crippen LogP) is 3.25. The third-order valence-electron chi connectivity index (χ3n) is 7.58. The first kappa shape index (κ1) is 29.8. The quantitative estimate of drug-likeness (QED) is 0.452. The maximum absolute atomic E-state index is 14.1. The van der Waals surface area contributed by atoms with Crippen molar-refractivity contribution in [3.05, 3.63) is 52.5 Å². The summed E-state index contributed by atoms with van der Waals surface area (Å²) in [6.45, 7) is 5.11. The van der Waals surface area contributed by atoms with Gasteiger partial charge in [-0.2, -0.15) is 0 Å². The number of amides is 2. The molecule has 1 fully saturated rings. The average Bonchev–Trinajstić information content (AvgIpc) is 2.91. The first-order chi connectivity index (χ1) is 18.9. The highest BCUT2D eigenvalue weighted by Crippen LogP contribution is 2.38. The van der Waals surface area contributed by atoms with Gasteiger partial charge in [0.05, 0.1) is 29.8 Å². The Bertz CT molecular complexity index is 1410. The molecule has 10 nitrogen and oxygen atoms in total. The minimum absolute atomic E-state index is 0.0148. The summed E-state index contributed by atoms with van der Waals surface area (Å²) in [5.74, 6) is -1.64. The van der Waals surface area contributed by atoms with Gasteiger partial charge in [-0.15, -0.1) is 0 Å². The first-order valence-electron chi connectivity index (χ1n) is 13.2. The van der Waals surface area contributed by atoms with E-state index in [1.165, 1.54) is 13.2 Å². The number of halogens is 1. The van der Waals surface area contributed by atoms with Crippen molar-refractivity contribution in [1.29, 1.82) is 0 Å². The molecule has 2 atom stereocenters. The number of rotatable bonds is 8. The summed E-state index contributed by atoms with van der Waals surface area (Å²) in [6, 6.07) is 7.24. The number of likely N-dealkylation sites (tertiary alicyclic amines) is 1. The number of hydrogen-bond donors (Lipinski definition) is 2. The van der Waals surface area contributed by atoms with Gasteiger partial charge in [0.15, 0.2) is 0 Å². The van der Waals surface area contributed by atoms with Crippen molar-refractivity contribution < 1.29 is 27.5 Å². The number of nitrogens with one attached hydrogen (secondary N) is 2. The molecule has 2 heterocycles. The number of fused-ring (bicyclic) bond motifs is 1. The molecule has 2 N–H and O–H groups in total. The lowest BCUT2D eigenvalue weighted by atomic mass is 9.90. The second-order valence-electron chi connectivity index (χ2n) is 10.5. The second kappa shape index (κ2) is 12.2. The van der Waals surface area contributed by atoms with Crippen LogP contribution in [0.3, 0.4) is 0 Å². The molecule has 1 saturated heterocycles. The highest BCUT2D eigenvalue weighted by Gasteiger charge is 2.43. The van der Waals surface area contributed by atoms with E-state index < -0.39 is 46.3 Å². The topological polar surface area (TPSA) is 125 Å². The average molecular weight is 591 g/mol. The third-order valence-corrected chi connectivity index (χ3v) is 9.96. The van der Waals surface area contributed by atoms with E-state index in [4.69, 9.17) is 16.3 Å². The molecule has 0 spiro atoms. The Morgan fingerprint density at radius 2 is 1.82 bits per heavy atom. The summed E-state index contributed by atoms with van der Waals surface area (Å²) in [4.78, 5) is 41.4. The molecule has 2 aliphatic heterocycles. The van der Waals surface area contributed by atoms with Crippen molar-refractivity contribution in [3.63, 3.8) is 0 Å². The first-order valence-corrected chi connectivity index (χ1v) is 15.0. The molecule has 0 aliphatic carbocycles. The monoisotopic (exact) mass is 590 g/mol. The zero-order chi connectivity index (χ0) is 29.2. The summed E-state index contributed by atoms with van der Waals surface area (Å²) in [7, 11) is -1.02. The highest BCUT2D eigenvalue weighted by atomic mass is 35.5. The van der Waals surface area contributed by atoms with Gasteiger partial charge < -0.3 is 20.3 Å². The van der Waals surface area contributed by atoms with Crippen LogP contribution in [-0.4, -0.2) is 70.4 Å².